The molecule has 1 aromatic heterocycles. The second-order valence-electron chi connectivity index (χ2n) is 6.67. The highest BCUT2D eigenvalue weighted by atomic mass is 15.2. The summed E-state index contributed by atoms with van der Waals surface area (Å²) in [5.41, 5.74) is 3.74. The molecule has 2 heterocycles. The van der Waals surface area contributed by atoms with Gasteiger partial charge in [0.05, 0.1) is 0 Å². The van der Waals surface area contributed by atoms with Gasteiger partial charge in [0, 0.05) is 24.8 Å². The summed E-state index contributed by atoms with van der Waals surface area (Å²) in [4.78, 5) is 11.6. The third-order valence-corrected chi connectivity index (χ3v) is 4.43. The van der Waals surface area contributed by atoms with Crippen molar-refractivity contribution < 1.29 is 0 Å². The molecule has 0 amide bonds. The van der Waals surface area contributed by atoms with E-state index in [0.717, 1.165) is 30.5 Å². The number of aryl methyl sites for hydroxylation is 2. The lowest BCUT2D eigenvalue weighted by atomic mass is 9.98. The highest BCUT2D eigenvalue weighted by Crippen LogP contribution is 2.30. The van der Waals surface area contributed by atoms with Crippen LogP contribution < -0.4 is 10.2 Å². The predicted molar refractivity (Wildman–Crippen MR) is 96.8 cm³/mol. The minimum atomic E-state index is 0.471. The first-order valence-corrected chi connectivity index (χ1v) is 8.52. The molecule has 1 aliphatic heterocycles. The summed E-state index contributed by atoms with van der Waals surface area (Å²) in [6, 6.07) is 8.53. The van der Waals surface area contributed by atoms with Gasteiger partial charge in [-0.1, -0.05) is 32.0 Å². The second-order valence-corrected chi connectivity index (χ2v) is 6.67. The summed E-state index contributed by atoms with van der Waals surface area (Å²) in [7, 11) is 0. The normalized spacial score (nSPS) is 14.6. The molecule has 0 aliphatic carbocycles. The van der Waals surface area contributed by atoms with E-state index in [-0.39, 0.29) is 0 Å². The van der Waals surface area contributed by atoms with Crippen molar-refractivity contribution in [1.29, 1.82) is 0 Å². The van der Waals surface area contributed by atoms with Crippen molar-refractivity contribution in [2.24, 2.45) is 0 Å². The van der Waals surface area contributed by atoms with Crippen LogP contribution in [0.25, 0.3) is 0 Å². The Morgan fingerprint density at radius 2 is 1.83 bits per heavy atom. The smallest absolute Gasteiger partial charge is 0.136 e. The van der Waals surface area contributed by atoms with E-state index in [4.69, 9.17) is 0 Å². The zero-order chi connectivity index (χ0) is 16.4. The number of aromatic nitrogens is 2. The molecular formula is C19H26N4. The number of hydrogen-bond acceptors (Lipinski definition) is 4. The largest absolute Gasteiger partial charge is 0.356 e. The number of rotatable bonds is 4. The Kier molecular flexibility index (Phi) is 4.51. The molecule has 1 fully saturated rings. The summed E-state index contributed by atoms with van der Waals surface area (Å²) in [5.74, 6) is 3.21. The molecule has 4 nitrogen and oxygen atoms in total. The van der Waals surface area contributed by atoms with Gasteiger partial charge < -0.3 is 10.2 Å². The number of hydrogen-bond donors (Lipinski definition) is 1. The molecule has 1 aromatic carbocycles. The maximum Gasteiger partial charge on any atom is 0.136 e. The van der Waals surface area contributed by atoms with E-state index in [1.807, 2.05) is 6.92 Å². The summed E-state index contributed by atoms with van der Waals surface area (Å²) in [6.07, 6.45) is 2.50. The fraction of sp³-hybridized carbons (Fsp3) is 0.474. The predicted octanol–water partition coefficient (Wildman–Crippen LogP) is 4.56. The molecule has 3 rings (SSSR count). The molecule has 0 spiro atoms. The zero-order valence-electron chi connectivity index (χ0n) is 14.6. The standard InChI is InChI=1S/C19H26N4/c1-13(2)16-9-7-8-14(3)19(16)22-17-12-18(21-15(4)20-17)23-10-5-6-11-23/h7-9,12-13H,5-6,10-11H2,1-4H3,(H,20,21,22). The van der Waals surface area contributed by atoms with Gasteiger partial charge in [-0.25, -0.2) is 9.97 Å². The maximum absolute atomic E-state index is 4.61. The molecule has 4 heteroatoms. The first kappa shape index (κ1) is 15.8. The summed E-state index contributed by atoms with van der Waals surface area (Å²) >= 11 is 0. The Morgan fingerprint density at radius 3 is 2.52 bits per heavy atom. The molecule has 1 aliphatic rings. The molecule has 1 saturated heterocycles. The molecule has 0 atom stereocenters. The molecule has 122 valence electrons. The van der Waals surface area contributed by atoms with E-state index >= 15 is 0 Å². The molecule has 1 N–H and O–H groups in total. The van der Waals surface area contributed by atoms with Crippen molar-refractivity contribution in [3.8, 4) is 0 Å². The zero-order valence-corrected chi connectivity index (χ0v) is 14.6. The van der Waals surface area contributed by atoms with Crippen LogP contribution in [0.1, 0.15) is 49.6 Å². The molecular weight excluding hydrogens is 284 g/mol. The van der Waals surface area contributed by atoms with Crippen molar-refractivity contribution in [3.63, 3.8) is 0 Å². The van der Waals surface area contributed by atoms with Crippen molar-refractivity contribution >= 4 is 17.3 Å². The van der Waals surface area contributed by atoms with Gasteiger partial charge in [-0.15, -0.1) is 0 Å². The van der Waals surface area contributed by atoms with E-state index in [9.17, 15) is 0 Å². The van der Waals surface area contributed by atoms with E-state index < -0.39 is 0 Å². The number of benzene rings is 1. The van der Waals surface area contributed by atoms with Gasteiger partial charge in [0.25, 0.3) is 0 Å². The first-order chi connectivity index (χ1) is 11.0. The van der Waals surface area contributed by atoms with Gasteiger partial charge >= 0.3 is 0 Å². The van der Waals surface area contributed by atoms with Crippen LogP contribution in [0, 0.1) is 13.8 Å². The number of anilines is 3. The number of para-hydroxylation sites is 1. The van der Waals surface area contributed by atoms with E-state index in [2.05, 4.69) is 65.2 Å². The lowest BCUT2D eigenvalue weighted by molar-refractivity contribution is 0.866. The molecule has 2 aromatic rings. The third-order valence-electron chi connectivity index (χ3n) is 4.43. The van der Waals surface area contributed by atoms with Gasteiger partial charge in [-0.2, -0.15) is 0 Å². The fourth-order valence-corrected chi connectivity index (χ4v) is 3.19. The minimum absolute atomic E-state index is 0.471. The topological polar surface area (TPSA) is 41.1 Å². The summed E-state index contributed by atoms with van der Waals surface area (Å²) in [6.45, 7) is 10.7. The lowest BCUT2D eigenvalue weighted by Gasteiger charge is -2.20. The third kappa shape index (κ3) is 3.46. The Hall–Kier alpha value is -2.10. The van der Waals surface area contributed by atoms with Gasteiger partial charge in [0.2, 0.25) is 0 Å². The van der Waals surface area contributed by atoms with E-state index in [1.165, 1.54) is 29.7 Å². The number of nitrogens with one attached hydrogen (secondary N) is 1. The quantitative estimate of drug-likeness (QED) is 0.898. The van der Waals surface area contributed by atoms with Crippen LogP contribution in [0.3, 0.4) is 0 Å². The monoisotopic (exact) mass is 310 g/mol. The van der Waals surface area contributed by atoms with Crippen LogP contribution in [0.2, 0.25) is 0 Å². The lowest BCUT2D eigenvalue weighted by Crippen LogP contribution is -2.19. The molecule has 0 unspecified atom stereocenters. The van der Waals surface area contributed by atoms with Crippen molar-refractivity contribution in [2.45, 2.75) is 46.5 Å². The number of nitrogens with zero attached hydrogens (tertiary/aromatic N) is 3. The van der Waals surface area contributed by atoms with E-state index in [1.54, 1.807) is 0 Å². The summed E-state index contributed by atoms with van der Waals surface area (Å²) < 4.78 is 0. The van der Waals surface area contributed by atoms with Crippen LogP contribution in [-0.4, -0.2) is 23.1 Å². The summed E-state index contributed by atoms with van der Waals surface area (Å²) in [5, 5.41) is 3.55. The fourth-order valence-electron chi connectivity index (χ4n) is 3.19. The van der Waals surface area contributed by atoms with Crippen LogP contribution in [0.15, 0.2) is 24.3 Å². The highest BCUT2D eigenvalue weighted by Gasteiger charge is 2.16. The van der Waals surface area contributed by atoms with Crippen molar-refractivity contribution in [1.82, 2.24) is 9.97 Å². The van der Waals surface area contributed by atoms with Crippen LogP contribution >= 0.6 is 0 Å². The minimum Gasteiger partial charge on any atom is -0.356 e. The van der Waals surface area contributed by atoms with Crippen molar-refractivity contribution in [2.75, 3.05) is 23.3 Å². The van der Waals surface area contributed by atoms with Gasteiger partial charge in [-0.05, 0) is 43.7 Å². The SMILES string of the molecule is Cc1nc(Nc2c(C)cccc2C(C)C)cc(N2CCCC2)n1. The average molecular weight is 310 g/mol. The second kappa shape index (κ2) is 6.57. The van der Waals surface area contributed by atoms with Gasteiger partial charge in [0.1, 0.15) is 17.5 Å². The molecule has 23 heavy (non-hydrogen) atoms. The average Bonchev–Trinajstić information content (AvgIpc) is 3.03. The first-order valence-electron chi connectivity index (χ1n) is 8.52. The molecule has 0 saturated carbocycles. The van der Waals surface area contributed by atoms with E-state index in [0.29, 0.717) is 5.92 Å². The Balaban J connectivity index is 1.94. The Labute approximate surface area is 139 Å². The van der Waals surface area contributed by atoms with Gasteiger partial charge in [-0.3, -0.25) is 0 Å². The van der Waals surface area contributed by atoms with Crippen molar-refractivity contribution in [3.05, 3.63) is 41.2 Å². The molecule has 0 radical (unpaired) electrons. The Bertz CT molecular complexity index is 688. The molecule has 0 bridgehead atoms. The Morgan fingerprint density at radius 1 is 1.09 bits per heavy atom. The van der Waals surface area contributed by atoms with Crippen LogP contribution in [0.4, 0.5) is 17.3 Å². The van der Waals surface area contributed by atoms with Gasteiger partial charge in [0.15, 0.2) is 0 Å². The maximum atomic E-state index is 4.61. The highest BCUT2D eigenvalue weighted by molar-refractivity contribution is 5.67. The van der Waals surface area contributed by atoms with Crippen LogP contribution in [0.5, 0.6) is 0 Å². The van der Waals surface area contributed by atoms with Crippen LogP contribution in [-0.2, 0) is 0 Å².